The molecular weight excluding hydrogens is 320 g/mol. The van der Waals surface area contributed by atoms with Crippen molar-refractivity contribution < 1.29 is 0 Å². The summed E-state index contributed by atoms with van der Waals surface area (Å²) in [5, 5.41) is 2.14. The molecule has 0 amide bonds. The third kappa shape index (κ3) is 3.89. The van der Waals surface area contributed by atoms with E-state index in [-0.39, 0.29) is 6.04 Å². The number of benzene rings is 1. The Morgan fingerprint density at radius 3 is 2.37 bits per heavy atom. The number of rotatable bonds is 5. The highest BCUT2D eigenvalue weighted by atomic mass is 79.9. The Kier molecular flexibility index (Phi) is 5.16. The van der Waals surface area contributed by atoms with Crippen LogP contribution in [0.1, 0.15) is 42.5 Å². The van der Waals surface area contributed by atoms with Crippen LogP contribution >= 0.6 is 27.3 Å². The van der Waals surface area contributed by atoms with Crippen molar-refractivity contribution in [2.75, 3.05) is 0 Å². The highest BCUT2D eigenvalue weighted by Gasteiger charge is 2.12. The second-order valence-electron chi connectivity index (χ2n) is 5.00. The van der Waals surface area contributed by atoms with Gasteiger partial charge in [0.2, 0.25) is 0 Å². The van der Waals surface area contributed by atoms with Gasteiger partial charge in [-0.2, -0.15) is 0 Å². The van der Waals surface area contributed by atoms with Gasteiger partial charge in [-0.05, 0) is 56.4 Å². The summed E-state index contributed by atoms with van der Waals surface area (Å²) in [5.74, 6) is 6.25. The predicted octanol–water partition coefficient (Wildman–Crippen LogP) is 4.38. The molecule has 2 nitrogen and oxygen atoms in total. The summed E-state index contributed by atoms with van der Waals surface area (Å²) in [4.78, 5) is 0. The van der Waals surface area contributed by atoms with E-state index < -0.39 is 0 Å². The van der Waals surface area contributed by atoms with Crippen LogP contribution < -0.4 is 11.3 Å². The van der Waals surface area contributed by atoms with E-state index in [1.807, 2.05) is 0 Å². The first-order chi connectivity index (χ1) is 9.10. The predicted molar refractivity (Wildman–Crippen MR) is 86.3 cm³/mol. The lowest BCUT2D eigenvalue weighted by atomic mass is 9.97. The van der Waals surface area contributed by atoms with Crippen molar-refractivity contribution in [1.29, 1.82) is 0 Å². The maximum atomic E-state index is 5.68. The molecule has 0 spiro atoms. The molecule has 0 saturated heterocycles. The Morgan fingerprint density at radius 2 is 1.89 bits per heavy atom. The van der Waals surface area contributed by atoms with Gasteiger partial charge < -0.3 is 0 Å². The SMILES string of the molecule is CC(C)c1ccc(CC(NN)c2csc(Br)c2)cc1. The largest absolute Gasteiger partial charge is 0.271 e. The second kappa shape index (κ2) is 6.66. The van der Waals surface area contributed by atoms with E-state index in [2.05, 4.69) is 70.9 Å². The van der Waals surface area contributed by atoms with Gasteiger partial charge in [-0.25, -0.2) is 0 Å². The standard InChI is InChI=1S/C15H19BrN2S/c1-10(2)12-5-3-11(4-6-12)7-14(18-17)13-8-15(16)19-9-13/h3-6,8-10,14,18H,7,17H2,1-2H3. The van der Waals surface area contributed by atoms with Crippen molar-refractivity contribution in [1.82, 2.24) is 5.43 Å². The zero-order valence-corrected chi connectivity index (χ0v) is 13.6. The Labute approximate surface area is 127 Å². The van der Waals surface area contributed by atoms with E-state index in [9.17, 15) is 0 Å². The molecule has 0 bridgehead atoms. The molecule has 1 heterocycles. The Bertz CT molecular complexity index is 519. The average molecular weight is 339 g/mol. The van der Waals surface area contributed by atoms with E-state index in [1.165, 1.54) is 16.7 Å². The van der Waals surface area contributed by atoms with Crippen LogP contribution in [0.25, 0.3) is 0 Å². The van der Waals surface area contributed by atoms with E-state index in [1.54, 1.807) is 11.3 Å². The number of hydrogen-bond acceptors (Lipinski definition) is 3. The summed E-state index contributed by atoms with van der Waals surface area (Å²) in [7, 11) is 0. The quantitative estimate of drug-likeness (QED) is 0.627. The Morgan fingerprint density at radius 1 is 1.21 bits per heavy atom. The van der Waals surface area contributed by atoms with Gasteiger partial charge >= 0.3 is 0 Å². The van der Waals surface area contributed by atoms with E-state index in [4.69, 9.17) is 5.84 Å². The molecule has 2 aromatic rings. The van der Waals surface area contributed by atoms with Crippen molar-refractivity contribution in [3.05, 3.63) is 56.2 Å². The van der Waals surface area contributed by atoms with Crippen molar-refractivity contribution >= 4 is 27.3 Å². The van der Waals surface area contributed by atoms with Crippen LogP contribution in [0.15, 0.2) is 39.5 Å². The fourth-order valence-electron chi connectivity index (χ4n) is 2.05. The summed E-state index contributed by atoms with van der Waals surface area (Å²) < 4.78 is 1.14. The number of nitrogens with one attached hydrogen (secondary N) is 1. The zero-order valence-electron chi connectivity index (χ0n) is 11.2. The first-order valence-corrected chi connectivity index (χ1v) is 8.06. The molecule has 1 atom stereocenters. The maximum absolute atomic E-state index is 5.68. The lowest BCUT2D eigenvalue weighted by molar-refractivity contribution is 0.553. The molecule has 3 N–H and O–H groups in total. The van der Waals surface area contributed by atoms with Crippen LogP contribution in [-0.4, -0.2) is 0 Å². The molecule has 102 valence electrons. The van der Waals surface area contributed by atoms with Gasteiger partial charge in [0, 0.05) is 0 Å². The molecule has 0 saturated carbocycles. The average Bonchev–Trinajstić information content (AvgIpc) is 2.83. The monoisotopic (exact) mass is 338 g/mol. The number of hydrogen-bond donors (Lipinski definition) is 2. The minimum Gasteiger partial charge on any atom is -0.271 e. The topological polar surface area (TPSA) is 38.0 Å². The summed E-state index contributed by atoms with van der Waals surface area (Å²) in [6.07, 6.45) is 0.901. The normalized spacial score (nSPS) is 12.9. The van der Waals surface area contributed by atoms with Crippen molar-refractivity contribution in [2.24, 2.45) is 5.84 Å². The van der Waals surface area contributed by atoms with Crippen LogP contribution in [0, 0.1) is 0 Å². The lowest BCUT2D eigenvalue weighted by Gasteiger charge is -2.15. The van der Waals surface area contributed by atoms with Crippen LogP contribution in [0.4, 0.5) is 0 Å². The molecular formula is C15H19BrN2S. The molecule has 1 unspecified atom stereocenters. The van der Waals surface area contributed by atoms with Crippen molar-refractivity contribution in [3.8, 4) is 0 Å². The van der Waals surface area contributed by atoms with E-state index >= 15 is 0 Å². The number of thiophene rings is 1. The molecule has 4 heteroatoms. The molecule has 0 aliphatic heterocycles. The molecule has 19 heavy (non-hydrogen) atoms. The van der Waals surface area contributed by atoms with Crippen molar-refractivity contribution in [3.63, 3.8) is 0 Å². The molecule has 0 aliphatic carbocycles. The fourth-order valence-corrected chi connectivity index (χ4v) is 3.28. The Balaban J connectivity index is 2.10. The smallest absolute Gasteiger partial charge is 0.0701 e. The summed E-state index contributed by atoms with van der Waals surface area (Å²) in [6.45, 7) is 4.42. The van der Waals surface area contributed by atoms with Gasteiger partial charge in [0.1, 0.15) is 0 Å². The maximum Gasteiger partial charge on any atom is 0.0701 e. The minimum atomic E-state index is 0.160. The molecule has 0 aliphatic rings. The fraction of sp³-hybridized carbons (Fsp3) is 0.333. The van der Waals surface area contributed by atoms with Gasteiger partial charge in [-0.3, -0.25) is 11.3 Å². The molecule has 2 rings (SSSR count). The summed E-state index contributed by atoms with van der Waals surface area (Å²) in [6, 6.07) is 11.1. The van der Waals surface area contributed by atoms with Crippen LogP contribution in [-0.2, 0) is 6.42 Å². The number of hydrazine groups is 1. The highest BCUT2D eigenvalue weighted by Crippen LogP contribution is 2.27. The Hall–Kier alpha value is -0.680. The van der Waals surface area contributed by atoms with Gasteiger partial charge in [0.05, 0.1) is 9.83 Å². The van der Waals surface area contributed by atoms with Crippen LogP contribution in [0.5, 0.6) is 0 Å². The number of halogens is 1. The first-order valence-electron chi connectivity index (χ1n) is 6.39. The summed E-state index contributed by atoms with van der Waals surface area (Å²) >= 11 is 5.18. The second-order valence-corrected chi connectivity index (χ2v) is 7.29. The van der Waals surface area contributed by atoms with Crippen LogP contribution in [0.2, 0.25) is 0 Å². The molecule has 0 radical (unpaired) electrons. The van der Waals surface area contributed by atoms with E-state index in [0.29, 0.717) is 5.92 Å². The van der Waals surface area contributed by atoms with E-state index in [0.717, 1.165) is 10.2 Å². The third-order valence-corrected chi connectivity index (χ3v) is 4.80. The highest BCUT2D eigenvalue weighted by molar-refractivity contribution is 9.11. The molecule has 1 aromatic carbocycles. The molecule has 0 fully saturated rings. The minimum absolute atomic E-state index is 0.160. The first kappa shape index (κ1) is 14.7. The van der Waals surface area contributed by atoms with Gasteiger partial charge in [-0.1, -0.05) is 38.1 Å². The van der Waals surface area contributed by atoms with Crippen molar-refractivity contribution in [2.45, 2.75) is 32.2 Å². The van der Waals surface area contributed by atoms with Gasteiger partial charge in [-0.15, -0.1) is 11.3 Å². The third-order valence-electron chi connectivity index (χ3n) is 3.28. The number of nitrogens with two attached hydrogens (primary N) is 1. The summed E-state index contributed by atoms with van der Waals surface area (Å²) in [5.41, 5.74) is 6.81. The zero-order chi connectivity index (χ0) is 13.8. The van der Waals surface area contributed by atoms with Crippen LogP contribution in [0.3, 0.4) is 0 Å². The molecule has 1 aromatic heterocycles. The lowest BCUT2D eigenvalue weighted by Crippen LogP contribution is -2.29. The van der Waals surface area contributed by atoms with Gasteiger partial charge in [0.15, 0.2) is 0 Å². The van der Waals surface area contributed by atoms with Gasteiger partial charge in [0.25, 0.3) is 0 Å².